The molecule has 0 aromatic rings. The van der Waals surface area contributed by atoms with E-state index in [1.54, 1.807) is 0 Å². The first kappa shape index (κ1) is 42.0. The van der Waals surface area contributed by atoms with Gasteiger partial charge in [-0.2, -0.15) is 10.1 Å². The van der Waals surface area contributed by atoms with Crippen molar-refractivity contribution in [1.82, 2.24) is 15.4 Å². The third-order valence-corrected chi connectivity index (χ3v) is 13.9. The van der Waals surface area contributed by atoms with Crippen LogP contribution in [0.25, 0.3) is 0 Å². The number of hydroxylamine groups is 4. The lowest BCUT2D eigenvalue weighted by Gasteiger charge is -2.36. The fraction of sp³-hybridized carbons (Fsp3) is 0.925. The Morgan fingerprint density at radius 2 is 1.18 bits per heavy atom. The van der Waals surface area contributed by atoms with Crippen LogP contribution < -0.4 is 5.32 Å². The Morgan fingerprint density at radius 3 is 1.67 bits per heavy atom. The molecule has 4 rings (SSSR count). The first-order valence-electron chi connectivity index (χ1n) is 19.5. The van der Waals surface area contributed by atoms with E-state index >= 15 is 0 Å². The van der Waals surface area contributed by atoms with E-state index in [1.165, 1.54) is 10.1 Å². The van der Waals surface area contributed by atoms with Crippen molar-refractivity contribution >= 4 is 17.9 Å². The summed E-state index contributed by atoms with van der Waals surface area (Å²) in [5.41, 5.74) is -2.11. The smallest absolute Gasteiger partial charge is 0.306 e. The molecule has 1 saturated carbocycles. The van der Waals surface area contributed by atoms with Crippen molar-refractivity contribution in [2.45, 2.75) is 175 Å². The molecule has 4 aliphatic rings. The lowest BCUT2D eigenvalue weighted by atomic mass is 9.70. The van der Waals surface area contributed by atoms with Crippen molar-refractivity contribution in [1.29, 1.82) is 0 Å². The average molecular weight is 722 g/mol. The van der Waals surface area contributed by atoms with Gasteiger partial charge in [0.05, 0.1) is 19.8 Å². The van der Waals surface area contributed by atoms with E-state index in [9.17, 15) is 24.8 Å². The molecule has 294 valence electrons. The van der Waals surface area contributed by atoms with Crippen LogP contribution in [0, 0.1) is 41.4 Å². The molecule has 1 aliphatic carbocycles. The van der Waals surface area contributed by atoms with Crippen LogP contribution in [0.2, 0.25) is 0 Å². The van der Waals surface area contributed by atoms with Gasteiger partial charge in [0.15, 0.2) is 0 Å². The first-order valence-corrected chi connectivity index (χ1v) is 19.5. The molecule has 3 N–H and O–H groups in total. The standard InChI is InChI=1S/C40H71N3O8/c1-25-31(40(12,13)43(48)38(25,8)9)24-51-32(44)17-26-14-15-27(18-33(45)49-22-29-20-35(2,3)41-37(29,6)7)28(16-26)19-34(46)50-23-30-21-36(4,5)42(47)39(30,10)11/h25-31,41,47-48H,14-24H2,1-13H3. The van der Waals surface area contributed by atoms with E-state index in [0.717, 1.165) is 12.8 Å². The molecule has 0 aromatic heterocycles. The molecule has 0 aromatic carbocycles. The molecule has 7 atom stereocenters. The lowest BCUT2D eigenvalue weighted by Crippen LogP contribution is -2.48. The van der Waals surface area contributed by atoms with E-state index in [0.29, 0.717) is 25.9 Å². The monoisotopic (exact) mass is 722 g/mol. The van der Waals surface area contributed by atoms with Gasteiger partial charge in [0.1, 0.15) is 0 Å². The van der Waals surface area contributed by atoms with Gasteiger partial charge in [-0.3, -0.25) is 14.4 Å². The summed E-state index contributed by atoms with van der Waals surface area (Å²) in [4.78, 5) is 39.9. The topological polar surface area (TPSA) is 138 Å². The molecule has 7 unspecified atom stereocenters. The molecule has 0 spiro atoms. The highest BCUT2D eigenvalue weighted by Crippen LogP contribution is 2.48. The van der Waals surface area contributed by atoms with E-state index in [-0.39, 0.29) is 103 Å². The van der Waals surface area contributed by atoms with E-state index < -0.39 is 22.2 Å². The van der Waals surface area contributed by atoms with Gasteiger partial charge in [0, 0.05) is 70.2 Å². The molecule has 11 heteroatoms. The van der Waals surface area contributed by atoms with Gasteiger partial charge in [-0.1, -0.05) is 6.92 Å². The van der Waals surface area contributed by atoms with Crippen molar-refractivity contribution < 1.29 is 39.0 Å². The van der Waals surface area contributed by atoms with Crippen molar-refractivity contribution in [3.8, 4) is 0 Å². The van der Waals surface area contributed by atoms with Gasteiger partial charge in [-0.05, 0) is 139 Å². The zero-order valence-electron chi connectivity index (χ0n) is 34.1. The number of nitrogens with zero attached hydrogens (tertiary/aromatic N) is 2. The third kappa shape index (κ3) is 9.13. The maximum absolute atomic E-state index is 13.4. The van der Waals surface area contributed by atoms with Crippen LogP contribution in [0.15, 0.2) is 0 Å². The maximum Gasteiger partial charge on any atom is 0.306 e. The van der Waals surface area contributed by atoms with Crippen molar-refractivity contribution in [3.63, 3.8) is 0 Å². The van der Waals surface area contributed by atoms with Crippen LogP contribution in [0.4, 0.5) is 0 Å². The molecule has 3 heterocycles. The summed E-state index contributed by atoms with van der Waals surface area (Å²) < 4.78 is 17.6. The quantitative estimate of drug-likeness (QED) is 0.146. The number of rotatable bonds is 12. The summed E-state index contributed by atoms with van der Waals surface area (Å²) in [5.74, 6) is -0.764. The Balaban J connectivity index is 1.37. The minimum atomic E-state index is -0.541. The van der Waals surface area contributed by atoms with Crippen LogP contribution in [-0.2, 0) is 28.6 Å². The Hall–Kier alpha value is -1.79. The molecule has 51 heavy (non-hydrogen) atoms. The zero-order valence-corrected chi connectivity index (χ0v) is 34.1. The second kappa shape index (κ2) is 14.8. The second-order valence-electron chi connectivity index (χ2n) is 20.2. The number of hydrogen-bond donors (Lipinski definition) is 3. The molecule has 0 amide bonds. The van der Waals surface area contributed by atoms with E-state index in [1.807, 2.05) is 55.4 Å². The Labute approximate surface area is 307 Å². The molecule has 0 radical (unpaired) electrons. The van der Waals surface area contributed by atoms with Crippen LogP contribution in [0.5, 0.6) is 0 Å². The fourth-order valence-electron chi connectivity index (χ4n) is 10.4. The zero-order chi connectivity index (χ0) is 38.5. The second-order valence-corrected chi connectivity index (χ2v) is 20.2. The number of esters is 3. The lowest BCUT2D eigenvalue weighted by molar-refractivity contribution is -0.201. The molecule has 4 fully saturated rings. The molecular weight excluding hydrogens is 650 g/mol. The SMILES string of the molecule is CC1C(COC(=O)CC2CCC(CC(=O)OCC3CC(C)(C)NC3(C)C)C(CC(=O)OCC3CC(C)(C)N(O)C3(C)C)C2)C(C)(C)N(O)C1(C)C. The predicted molar refractivity (Wildman–Crippen MR) is 195 cm³/mol. The van der Waals surface area contributed by atoms with Crippen LogP contribution in [0.3, 0.4) is 0 Å². The highest BCUT2D eigenvalue weighted by Gasteiger charge is 2.57. The van der Waals surface area contributed by atoms with Crippen molar-refractivity contribution in [2.24, 2.45) is 41.4 Å². The predicted octanol–water partition coefficient (Wildman–Crippen LogP) is 6.77. The summed E-state index contributed by atoms with van der Waals surface area (Å²) >= 11 is 0. The van der Waals surface area contributed by atoms with Gasteiger partial charge < -0.3 is 29.9 Å². The van der Waals surface area contributed by atoms with Gasteiger partial charge in [0.2, 0.25) is 0 Å². The number of nitrogens with one attached hydrogen (secondary N) is 1. The van der Waals surface area contributed by atoms with Crippen LogP contribution in [-0.4, -0.2) is 91.5 Å². The third-order valence-electron chi connectivity index (χ3n) is 13.9. The minimum absolute atomic E-state index is 0.0208. The Bertz CT molecular complexity index is 1280. The summed E-state index contributed by atoms with van der Waals surface area (Å²) in [6, 6.07) is 0. The van der Waals surface area contributed by atoms with E-state index in [4.69, 9.17) is 14.2 Å². The molecule has 3 aliphatic heterocycles. The van der Waals surface area contributed by atoms with Gasteiger partial charge in [0.25, 0.3) is 0 Å². The minimum Gasteiger partial charge on any atom is -0.465 e. The molecule has 11 nitrogen and oxygen atoms in total. The van der Waals surface area contributed by atoms with Crippen LogP contribution in [0.1, 0.15) is 141 Å². The summed E-state index contributed by atoms with van der Waals surface area (Å²) in [7, 11) is 0. The summed E-state index contributed by atoms with van der Waals surface area (Å²) in [5, 5.41) is 28.0. The van der Waals surface area contributed by atoms with Crippen molar-refractivity contribution in [3.05, 3.63) is 0 Å². The molecular formula is C40H71N3O8. The van der Waals surface area contributed by atoms with Gasteiger partial charge in [-0.25, -0.2) is 0 Å². The highest BCUT2D eigenvalue weighted by molar-refractivity contribution is 5.72. The Kier molecular flexibility index (Phi) is 12.2. The first-order chi connectivity index (χ1) is 23.2. The van der Waals surface area contributed by atoms with E-state index in [2.05, 4.69) is 39.9 Å². The number of ether oxygens (including phenoxy) is 3. The summed E-state index contributed by atoms with van der Waals surface area (Å²) in [6.07, 6.45) is 4.32. The average Bonchev–Trinajstić information content (AvgIpc) is 3.36. The normalized spacial score (nSPS) is 35.0. The maximum atomic E-state index is 13.4. The molecule has 0 bridgehead atoms. The van der Waals surface area contributed by atoms with Gasteiger partial charge >= 0.3 is 17.9 Å². The number of hydrogen-bond acceptors (Lipinski definition) is 11. The largest absolute Gasteiger partial charge is 0.465 e. The highest BCUT2D eigenvalue weighted by atomic mass is 16.5. The number of carbonyl (C=O) groups excluding carboxylic acids is 3. The Morgan fingerprint density at radius 1 is 0.647 bits per heavy atom. The van der Waals surface area contributed by atoms with Gasteiger partial charge in [-0.15, -0.1) is 0 Å². The molecule has 3 saturated heterocycles. The number of carbonyl (C=O) groups is 3. The summed E-state index contributed by atoms with van der Waals surface area (Å²) in [6.45, 7) is 27.4. The van der Waals surface area contributed by atoms with Crippen molar-refractivity contribution in [2.75, 3.05) is 19.8 Å². The fourth-order valence-corrected chi connectivity index (χ4v) is 10.4. The van der Waals surface area contributed by atoms with Crippen LogP contribution >= 0.6 is 0 Å².